The van der Waals surface area contributed by atoms with Gasteiger partial charge >= 0.3 is 5.97 Å². The molecular weight excluding hydrogens is 568 g/mol. The largest absolute Gasteiger partial charge is 0.466 e. The molecule has 0 atom stereocenters. The summed E-state index contributed by atoms with van der Waals surface area (Å²) in [7, 11) is 2.02. The number of ether oxygens (including phenoxy) is 1. The van der Waals surface area contributed by atoms with E-state index in [1.165, 1.54) is 11.1 Å². The zero-order chi connectivity index (χ0) is 32.7. The number of hydrogen-bond donors (Lipinski definition) is 1. The molecule has 0 bridgehead atoms. The standard InChI is InChI=1S/C41H52N2O3/c1-5-39-37(29-36(43(39)4)24-15-25-40(44)46-6-2)41(45)35-27-26-31(3)38(28-35)42-30-34(22-13-20-32-16-9-7-10-17-32)23-14-21-33-18-11-8-12-19-33/h7-12,16-19,26-29,34,42H,5-6,13-15,20-25,30H2,1-4H3. The van der Waals surface area contributed by atoms with Crippen molar-refractivity contribution in [3.8, 4) is 0 Å². The van der Waals surface area contributed by atoms with Gasteiger partial charge in [-0.2, -0.15) is 0 Å². The van der Waals surface area contributed by atoms with Crippen LogP contribution in [0, 0.1) is 12.8 Å². The fourth-order valence-electron chi connectivity index (χ4n) is 6.40. The molecule has 0 aliphatic carbocycles. The average molecular weight is 621 g/mol. The number of nitrogens with zero attached hydrogens (tertiary/aromatic N) is 1. The van der Waals surface area contributed by atoms with Crippen molar-refractivity contribution in [2.45, 2.75) is 85.0 Å². The predicted molar refractivity (Wildman–Crippen MR) is 190 cm³/mol. The van der Waals surface area contributed by atoms with Gasteiger partial charge in [0.1, 0.15) is 0 Å². The second kappa shape index (κ2) is 18.1. The number of nitrogens with one attached hydrogen (secondary N) is 1. The molecule has 4 rings (SSSR count). The van der Waals surface area contributed by atoms with Crippen molar-refractivity contribution in [1.82, 2.24) is 4.57 Å². The summed E-state index contributed by atoms with van der Waals surface area (Å²) >= 11 is 0. The molecule has 0 aliphatic rings. The summed E-state index contributed by atoms with van der Waals surface area (Å²) in [6, 6.07) is 29.6. The van der Waals surface area contributed by atoms with E-state index in [-0.39, 0.29) is 11.8 Å². The number of ketones is 1. The Morgan fingerprint density at radius 1 is 0.804 bits per heavy atom. The van der Waals surface area contributed by atoms with Crippen LogP contribution in [0.1, 0.15) is 96.4 Å². The molecule has 0 saturated heterocycles. The van der Waals surface area contributed by atoms with Crippen LogP contribution in [0.5, 0.6) is 0 Å². The lowest BCUT2D eigenvalue weighted by molar-refractivity contribution is -0.143. The number of benzene rings is 3. The monoisotopic (exact) mass is 620 g/mol. The second-order valence-electron chi connectivity index (χ2n) is 12.4. The third-order valence-corrected chi connectivity index (χ3v) is 9.08. The number of rotatable bonds is 19. The van der Waals surface area contributed by atoms with Gasteiger partial charge in [-0.25, -0.2) is 0 Å². The zero-order valence-electron chi connectivity index (χ0n) is 28.3. The Balaban J connectivity index is 1.42. The van der Waals surface area contributed by atoms with Crippen molar-refractivity contribution in [2.75, 3.05) is 18.5 Å². The number of aromatic nitrogens is 1. The van der Waals surface area contributed by atoms with Crippen molar-refractivity contribution in [2.24, 2.45) is 13.0 Å². The zero-order valence-corrected chi connectivity index (χ0v) is 28.3. The van der Waals surface area contributed by atoms with Crippen LogP contribution < -0.4 is 5.32 Å². The summed E-state index contributed by atoms with van der Waals surface area (Å²) in [5, 5.41) is 3.75. The Morgan fingerprint density at radius 3 is 2.02 bits per heavy atom. The number of esters is 1. The highest BCUT2D eigenvalue weighted by Crippen LogP contribution is 2.26. The minimum atomic E-state index is -0.168. The van der Waals surface area contributed by atoms with Gasteiger partial charge in [0.2, 0.25) is 0 Å². The summed E-state index contributed by atoms with van der Waals surface area (Å²) < 4.78 is 7.21. The Bertz CT molecular complexity index is 1480. The van der Waals surface area contributed by atoms with Crippen molar-refractivity contribution in [1.29, 1.82) is 0 Å². The van der Waals surface area contributed by atoms with Crippen LogP contribution in [-0.4, -0.2) is 29.5 Å². The van der Waals surface area contributed by atoms with E-state index in [0.717, 1.165) is 86.1 Å². The van der Waals surface area contributed by atoms with Gasteiger partial charge in [0.15, 0.2) is 5.78 Å². The minimum absolute atomic E-state index is 0.0504. The lowest BCUT2D eigenvalue weighted by Crippen LogP contribution is -2.16. The molecule has 1 heterocycles. The smallest absolute Gasteiger partial charge is 0.305 e. The Labute approximate surface area is 276 Å². The Hall–Kier alpha value is -4.12. The maximum absolute atomic E-state index is 13.9. The normalized spacial score (nSPS) is 11.2. The van der Waals surface area contributed by atoms with Crippen molar-refractivity contribution >= 4 is 17.4 Å². The second-order valence-corrected chi connectivity index (χ2v) is 12.4. The number of carbonyl (C=O) groups excluding carboxylic acids is 2. The molecule has 0 fully saturated rings. The van der Waals surface area contributed by atoms with Crippen LogP contribution in [0.2, 0.25) is 0 Å². The van der Waals surface area contributed by atoms with Gasteiger partial charge in [0, 0.05) is 48.2 Å². The molecule has 3 aromatic carbocycles. The highest BCUT2D eigenvalue weighted by Gasteiger charge is 2.20. The van der Waals surface area contributed by atoms with E-state index < -0.39 is 0 Å². The van der Waals surface area contributed by atoms with E-state index in [2.05, 4.69) is 90.5 Å². The lowest BCUT2D eigenvalue weighted by Gasteiger charge is -2.20. The quantitative estimate of drug-likeness (QED) is 0.0839. The SMILES string of the molecule is CCOC(=O)CCCc1cc(C(=O)c2ccc(C)c(NCC(CCCc3ccccc3)CCCc3ccccc3)c2)c(CC)n1C. The number of anilines is 1. The van der Waals surface area contributed by atoms with Gasteiger partial charge < -0.3 is 14.6 Å². The third kappa shape index (κ3) is 10.2. The molecular formula is C41H52N2O3. The van der Waals surface area contributed by atoms with Gasteiger partial charge in [0.25, 0.3) is 0 Å². The molecule has 0 unspecified atom stereocenters. The summed E-state index contributed by atoms with van der Waals surface area (Å²) in [5.74, 6) is 0.427. The molecule has 4 aromatic rings. The van der Waals surface area contributed by atoms with Crippen molar-refractivity contribution in [3.63, 3.8) is 0 Å². The lowest BCUT2D eigenvalue weighted by atomic mass is 9.93. The number of carbonyl (C=O) groups is 2. The van der Waals surface area contributed by atoms with Crippen molar-refractivity contribution in [3.05, 3.63) is 124 Å². The third-order valence-electron chi connectivity index (χ3n) is 9.08. The molecule has 5 heteroatoms. The molecule has 244 valence electrons. The highest BCUT2D eigenvalue weighted by molar-refractivity contribution is 6.10. The average Bonchev–Trinajstić information content (AvgIpc) is 3.39. The summed E-state index contributed by atoms with van der Waals surface area (Å²) in [4.78, 5) is 25.7. The van der Waals surface area contributed by atoms with Crippen molar-refractivity contribution < 1.29 is 14.3 Å². The van der Waals surface area contributed by atoms with Crippen LogP contribution in [0.4, 0.5) is 5.69 Å². The first-order chi connectivity index (χ1) is 22.4. The molecule has 1 N–H and O–H groups in total. The molecule has 0 amide bonds. The van der Waals surface area contributed by atoms with Crippen LogP contribution in [-0.2, 0) is 42.3 Å². The van der Waals surface area contributed by atoms with Gasteiger partial charge in [0.05, 0.1) is 6.61 Å². The summed E-state index contributed by atoms with van der Waals surface area (Å²) in [6.07, 6.45) is 9.42. The fourth-order valence-corrected chi connectivity index (χ4v) is 6.40. The number of aryl methyl sites for hydroxylation is 4. The maximum atomic E-state index is 13.9. The van der Waals surface area contributed by atoms with E-state index in [9.17, 15) is 9.59 Å². The van der Waals surface area contributed by atoms with E-state index in [1.807, 2.05) is 32.2 Å². The molecule has 0 aliphatic heterocycles. The fraction of sp³-hybridized carbons (Fsp3) is 0.415. The Morgan fingerprint density at radius 2 is 1.43 bits per heavy atom. The van der Waals surface area contributed by atoms with E-state index in [1.54, 1.807) is 0 Å². The highest BCUT2D eigenvalue weighted by atomic mass is 16.5. The van der Waals surface area contributed by atoms with Crippen LogP contribution in [0.3, 0.4) is 0 Å². The molecule has 1 aromatic heterocycles. The first-order valence-corrected chi connectivity index (χ1v) is 17.2. The van der Waals surface area contributed by atoms with Gasteiger partial charge in [-0.05, 0) is 106 Å². The topological polar surface area (TPSA) is 60.3 Å². The van der Waals surface area contributed by atoms with Gasteiger partial charge in [-0.15, -0.1) is 0 Å². The molecule has 0 spiro atoms. The van der Waals surface area contributed by atoms with Crippen LogP contribution in [0.25, 0.3) is 0 Å². The van der Waals surface area contributed by atoms with Crippen LogP contribution in [0.15, 0.2) is 84.9 Å². The molecule has 5 nitrogen and oxygen atoms in total. The first kappa shape index (κ1) is 34.7. The van der Waals surface area contributed by atoms with Crippen LogP contribution >= 0.6 is 0 Å². The van der Waals surface area contributed by atoms with Gasteiger partial charge in [-0.1, -0.05) is 79.7 Å². The van der Waals surface area contributed by atoms with E-state index in [4.69, 9.17) is 4.74 Å². The minimum Gasteiger partial charge on any atom is -0.466 e. The van der Waals surface area contributed by atoms with E-state index >= 15 is 0 Å². The maximum Gasteiger partial charge on any atom is 0.305 e. The Kier molecular flexibility index (Phi) is 13.7. The summed E-state index contributed by atoms with van der Waals surface area (Å²) in [6.45, 7) is 7.31. The summed E-state index contributed by atoms with van der Waals surface area (Å²) in [5.41, 5.74) is 8.54. The number of hydrogen-bond acceptors (Lipinski definition) is 4. The molecule has 0 radical (unpaired) electrons. The molecule has 46 heavy (non-hydrogen) atoms. The van der Waals surface area contributed by atoms with E-state index in [0.29, 0.717) is 30.9 Å². The molecule has 0 saturated carbocycles. The predicted octanol–water partition coefficient (Wildman–Crippen LogP) is 9.09. The van der Waals surface area contributed by atoms with Gasteiger partial charge in [-0.3, -0.25) is 9.59 Å². The first-order valence-electron chi connectivity index (χ1n) is 17.2.